The highest BCUT2D eigenvalue weighted by molar-refractivity contribution is 5.23. The van der Waals surface area contributed by atoms with E-state index in [1.54, 1.807) is 0 Å². The van der Waals surface area contributed by atoms with Gasteiger partial charge in [-0.15, -0.1) is 0 Å². The lowest BCUT2D eigenvalue weighted by atomic mass is 10.1. The molecule has 0 saturated heterocycles. The molecule has 102 valence electrons. The summed E-state index contributed by atoms with van der Waals surface area (Å²) in [6.45, 7) is 10.3. The molecule has 0 amide bonds. The maximum atomic E-state index is 4.47. The molecule has 1 aromatic carbocycles. The molecular weight excluding hydrogens is 234 g/mol. The number of nitrogens with one attached hydrogen (secondary N) is 1. The molecule has 0 unspecified atom stereocenters. The first kappa shape index (κ1) is 13.8. The standard InChI is InChI=1S/C16H23N3/c1-5-19-16(10-13(3)18-19)11-17-14(4)15-8-6-12(2)7-9-15/h6-10,14,17H,5,11H2,1-4H3/t14-/m0/s1. The van der Waals surface area contributed by atoms with E-state index in [4.69, 9.17) is 0 Å². The maximum Gasteiger partial charge on any atom is 0.0597 e. The Morgan fingerprint density at radius 2 is 1.89 bits per heavy atom. The van der Waals surface area contributed by atoms with Gasteiger partial charge in [0.25, 0.3) is 0 Å². The predicted molar refractivity (Wildman–Crippen MR) is 79.1 cm³/mol. The number of benzene rings is 1. The Bertz CT molecular complexity index is 525. The molecule has 2 aromatic rings. The van der Waals surface area contributed by atoms with Crippen LogP contribution >= 0.6 is 0 Å². The molecule has 1 N–H and O–H groups in total. The molecule has 1 atom stereocenters. The maximum absolute atomic E-state index is 4.47. The number of nitrogens with zero attached hydrogens (tertiary/aromatic N) is 2. The normalized spacial score (nSPS) is 12.6. The van der Waals surface area contributed by atoms with Gasteiger partial charge < -0.3 is 5.32 Å². The molecule has 19 heavy (non-hydrogen) atoms. The van der Waals surface area contributed by atoms with Gasteiger partial charge in [-0.05, 0) is 39.3 Å². The number of rotatable bonds is 5. The van der Waals surface area contributed by atoms with Crippen molar-refractivity contribution in [3.8, 4) is 0 Å². The van der Waals surface area contributed by atoms with Crippen LogP contribution in [0.2, 0.25) is 0 Å². The summed E-state index contributed by atoms with van der Waals surface area (Å²) in [7, 11) is 0. The zero-order chi connectivity index (χ0) is 13.8. The highest BCUT2D eigenvalue weighted by Gasteiger charge is 2.07. The van der Waals surface area contributed by atoms with Gasteiger partial charge in [-0.2, -0.15) is 5.10 Å². The lowest BCUT2D eigenvalue weighted by Crippen LogP contribution is -2.20. The van der Waals surface area contributed by atoms with Gasteiger partial charge in [0.05, 0.1) is 11.4 Å². The minimum Gasteiger partial charge on any atom is -0.305 e. The fourth-order valence-electron chi connectivity index (χ4n) is 2.25. The Morgan fingerprint density at radius 1 is 1.21 bits per heavy atom. The second-order valence-electron chi connectivity index (χ2n) is 5.11. The number of hydrogen-bond acceptors (Lipinski definition) is 2. The SMILES string of the molecule is CCn1nc(C)cc1CN[C@@H](C)c1ccc(C)cc1. The lowest BCUT2D eigenvalue weighted by molar-refractivity contribution is 0.531. The van der Waals surface area contributed by atoms with Crippen molar-refractivity contribution in [2.75, 3.05) is 0 Å². The van der Waals surface area contributed by atoms with Crippen LogP contribution in [0.3, 0.4) is 0 Å². The molecular formula is C16H23N3. The summed E-state index contributed by atoms with van der Waals surface area (Å²) in [5.74, 6) is 0. The summed E-state index contributed by atoms with van der Waals surface area (Å²) in [5, 5.41) is 8.03. The van der Waals surface area contributed by atoms with Crippen LogP contribution in [0.25, 0.3) is 0 Å². The third-order valence-corrected chi connectivity index (χ3v) is 3.45. The molecule has 0 aliphatic rings. The smallest absolute Gasteiger partial charge is 0.0597 e. The number of aromatic nitrogens is 2. The third-order valence-electron chi connectivity index (χ3n) is 3.45. The van der Waals surface area contributed by atoms with Gasteiger partial charge in [-0.25, -0.2) is 0 Å². The van der Waals surface area contributed by atoms with Crippen molar-refractivity contribution in [1.82, 2.24) is 15.1 Å². The molecule has 0 radical (unpaired) electrons. The van der Waals surface area contributed by atoms with E-state index >= 15 is 0 Å². The van der Waals surface area contributed by atoms with E-state index in [1.165, 1.54) is 16.8 Å². The van der Waals surface area contributed by atoms with Crippen molar-refractivity contribution in [3.05, 3.63) is 52.8 Å². The van der Waals surface area contributed by atoms with Crippen LogP contribution in [0.1, 0.15) is 42.4 Å². The fourth-order valence-corrected chi connectivity index (χ4v) is 2.25. The van der Waals surface area contributed by atoms with Crippen LogP contribution in [0, 0.1) is 13.8 Å². The number of aryl methyl sites for hydroxylation is 3. The van der Waals surface area contributed by atoms with E-state index in [1.807, 2.05) is 6.92 Å². The summed E-state index contributed by atoms with van der Waals surface area (Å²) >= 11 is 0. The number of hydrogen-bond donors (Lipinski definition) is 1. The second kappa shape index (κ2) is 6.02. The molecule has 0 bridgehead atoms. The predicted octanol–water partition coefficient (Wildman–Crippen LogP) is 3.37. The van der Waals surface area contributed by atoms with E-state index in [0.717, 1.165) is 18.8 Å². The van der Waals surface area contributed by atoms with Crippen LogP contribution in [0.4, 0.5) is 0 Å². The quantitative estimate of drug-likeness (QED) is 0.890. The van der Waals surface area contributed by atoms with Gasteiger partial charge in [-0.3, -0.25) is 4.68 Å². The summed E-state index contributed by atoms with van der Waals surface area (Å²) in [5.41, 5.74) is 4.96. The third kappa shape index (κ3) is 3.44. The molecule has 3 nitrogen and oxygen atoms in total. The minimum absolute atomic E-state index is 0.348. The molecule has 2 rings (SSSR count). The zero-order valence-corrected chi connectivity index (χ0v) is 12.3. The molecule has 1 aromatic heterocycles. The Hall–Kier alpha value is -1.61. The average Bonchev–Trinajstić information content (AvgIpc) is 2.77. The topological polar surface area (TPSA) is 29.9 Å². The van der Waals surface area contributed by atoms with Crippen LogP contribution in [-0.4, -0.2) is 9.78 Å². The highest BCUT2D eigenvalue weighted by Crippen LogP contribution is 2.14. The molecule has 0 saturated carbocycles. The van der Waals surface area contributed by atoms with Crippen molar-refractivity contribution >= 4 is 0 Å². The Kier molecular flexibility index (Phi) is 4.38. The van der Waals surface area contributed by atoms with E-state index in [-0.39, 0.29) is 0 Å². The monoisotopic (exact) mass is 257 g/mol. The van der Waals surface area contributed by atoms with Gasteiger partial charge in [0.15, 0.2) is 0 Å². The average molecular weight is 257 g/mol. The van der Waals surface area contributed by atoms with Gasteiger partial charge in [0.1, 0.15) is 0 Å². The first-order chi connectivity index (χ1) is 9.10. The first-order valence-corrected chi connectivity index (χ1v) is 6.93. The summed E-state index contributed by atoms with van der Waals surface area (Å²) < 4.78 is 2.06. The molecule has 0 aliphatic carbocycles. The van der Waals surface area contributed by atoms with Gasteiger partial charge in [0, 0.05) is 19.1 Å². The van der Waals surface area contributed by atoms with Crippen molar-refractivity contribution in [1.29, 1.82) is 0 Å². The molecule has 0 aliphatic heterocycles. The van der Waals surface area contributed by atoms with Crippen molar-refractivity contribution < 1.29 is 0 Å². The lowest BCUT2D eigenvalue weighted by Gasteiger charge is -2.15. The van der Waals surface area contributed by atoms with Crippen LogP contribution in [0.5, 0.6) is 0 Å². The van der Waals surface area contributed by atoms with Crippen molar-refractivity contribution in [3.63, 3.8) is 0 Å². The Balaban J connectivity index is 1.99. The van der Waals surface area contributed by atoms with Gasteiger partial charge in [0.2, 0.25) is 0 Å². The molecule has 1 heterocycles. The van der Waals surface area contributed by atoms with Gasteiger partial charge >= 0.3 is 0 Å². The highest BCUT2D eigenvalue weighted by atomic mass is 15.3. The Morgan fingerprint density at radius 3 is 2.53 bits per heavy atom. The Labute approximate surface area is 115 Å². The fraction of sp³-hybridized carbons (Fsp3) is 0.438. The van der Waals surface area contributed by atoms with Crippen LogP contribution in [0.15, 0.2) is 30.3 Å². The molecule has 0 fully saturated rings. The van der Waals surface area contributed by atoms with Gasteiger partial charge in [-0.1, -0.05) is 29.8 Å². The summed E-state index contributed by atoms with van der Waals surface area (Å²) in [4.78, 5) is 0. The van der Waals surface area contributed by atoms with E-state index in [0.29, 0.717) is 6.04 Å². The molecule has 3 heteroatoms. The van der Waals surface area contributed by atoms with Crippen molar-refractivity contribution in [2.24, 2.45) is 0 Å². The minimum atomic E-state index is 0.348. The van der Waals surface area contributed by atoms with Crippen LogP contribution < -0.4 is 5.32 Å². The zero-order valence-electron chi connectivity index (χ0n) is 12.3. The second-order valence-corrected chi connectivity index (χ2v) is 5.11. The van der Waals surface area contributed by atoms with E-state index in [9.17, 15) is 0 Å². The van der Waals surface area contributed by atoms with E-state index in [2.05, 4.69) is 66.2 Å². The summed E-state index contributed by atoms with van der Waals surface area (Å²) in [6, 6.07) is 11.2. The first-order valence-electron chi connectivity index (χ1n) is 6.93. The summed E-state index contributed by atoms with van der Waals surface area (Å²) in [6.07, 6.45) is 0. The largest absolute Gasteiger partial charge is 0.305 e. The van der Waals surface area contributed by atoms with Crippen molar-refractivity contribution in [2.45, 2.75) is 46.8 Å². The van der Waals surface area contributed by atoms with E-state index < -0.39 is 0 Å². The molecule has 0 spiro atoms. The van der Waals surface area contributed by atoms with Crippen LogP contribution in [-0.2, 0) is 13.1 Å².